The Bertz CT molecular complexity index is 713. The minimum absolute atomic E-state index is 0.259. The Hall–Kier alpha value is -2.82. The molecule has 1 atom stereocenters. The average molecular weight is 369 g/mol. The number of hydrogen-bond donors (Lipinski definition) is 1. The van der Waals surface area contributed by atoms with Gasteiger partial charge in [-0.3, -0.25) is 4.79 Å². The molecule has 0 heterocycles. The molecule has 0 aliphatic rings. The normalized spacial score (nSPS) is 11.5. The van der Waals surface area contributed by atoms with Crippen LogP contribution in [0.3, 0.4) is 0 Å². The van der Waals surface area contributed by atoms with Gasteiger partial charge in [0, 0.05) is 5.69 Å². The summed E-state index contributed by atoms with van der Waals surface area (Å²) >= 11 is 0. The Morgan fingerprint density at radius 3 is 2.33 bits per heavy atom. The highest BCUT2D eigenvalue weighted by atomic mass is 16.5. The van der Waals surface area contributed by atoms with E-state index in [-0.39, 0.29) is 11.9 Å². The van der Waals surface area contributed by atoms with E-state index in [0.717, 1.165) is 25.7 Å². The van der Waals surface area contributed by atoms with Crippen molar-refractivity contribution in [2.24, 2.45) is 0 Å². The first kappa shape index (κ1) is 20.5. The van der Waals surface area contributed by atoms with Crippen molar-refractivity contribution in [3.05, 3.63) is 60.2 Å². The number of anilines is 1. The molecule has 0 fully saturated rings. The van der Waals surface area contributed by atoms with Gasteiger partial charge in [0.2, 0.25) is 0 Å². The Labute approximate surface area is 160 Å². The van der Waals surface area contributed by atoms with E-state index in [0.29, 0.717) is 23.6 Å². The summed E-state index contributed by atoms with van der Waals surface area (Å²) in [5.41, 5.74) is 1.07. The molecular formula is C22H27NO4. The lowest BCUT2D eigenvalue weighted by molar-refractivity contribution is -0.122. The molecular weight excluding hydrogens is 342 g/mol. The summed E-state index contributed by atoms with van der Waals surface area (Å²) in [6, 6.07) is 15.8. The van der Waals surface area contributed by atoms with Gasteiger partial charge in [0.25, 0.3) is 5.91 Å². The van der Waals surface area contributed by atoms with E-state index in [9.17, 15) is 9.59 Å². The van der Waals surface area contributed by atoms with Crippen LogP contribution < -0.4 is 10.1 Å². The molecule has 0 saturated carbocycles. The smallest absolute Gasteiger partial charge is 0.338 e. The average Bonchev–Trinajstić information content (AvgIpc) is 2.69. The van der Waals surface area contributed by atoms with Crippen LogP contribution in [0.5, 0.6) is 5.75 Å². The summed E-state index contributed by atoms with van der Waals surface area (Å²) in [5, 5.41) is 2.78. The molecule has 1 amide bonds. The van der Waals surface area contributed by atoms with Gasteiger partial charge in [-0.15, -0.1) is 0 Å². The molecule has 144 valence electrons. The number of benzene rings is 2. The molecule has 5 nitrogen and oxygen atoms in total. The summed E-state index contributed by atoms with van der Waals surface area (Å²) in [4.78, 5) is 24.2. The van der Waals surface area contributed by atoms with E-state index in [1.807, 2.05) is 18.2 Å². The third-order valence-electron chi connectivity index (χ3n) is 4.04. The fourth-order valence-corrected chi connectivity index (χ4v) is 2.47. The Morgan fingerprint density at radius 2 is 1.67 bits per heavy atom. The highest BCUT2D eigenvalue weighted by Gasteiger charge is 2.15. The van der Waals surface area contributed by atoms with Crippen LogP contribution in [0, 0.1) is 0 Å². The third kappa shape index (κ3) is 7.13. The van der Waals surface area contributed by atoms with Crippen molar-refractivity contribution in [3.63, 3.8) is 0 Å². The van der Waals surface area contributed by atoms with Crippen molar-refractivity contribution in [2.75, 3.05) is 11.9 Å². The quantitative estimate of drug-likeness (QED) is 0.481. The monoisotopic (exact) mass is 369 g/mol. The number of carbonyl (C=O) groups is 2. The van der Waals surface area contributed by atoms with Gasteiger partial charge < -0.3 is 14.8 Å². The summed E-state index contributed by atoms with van der Waals surface area (Å²) in [5.74, 6) is 0.0347. The van der Waals surface area contributed by atoms with Gasteiger partial charge >= 0.3 is 5.97 Å². The van der Waals surface area contributed by atoms with Gasteiger partial charge in [-0.05, 0) is 49.7 Å². The second-order valence-electron chi connectivity index (χ2n) is 6.34. The van der Waals surface area contributed by atoms with Crippen molar-refractivity contribution >= 4 is 17.6 Å². The van der Waals surface area contributed by atoms with Crippen LogP contribution >= 0.6 is 0 Å². The summed E-state index contributed by atoms with van der Waals surface area (Å²) in [6.07, 6.45) is 3.61. The van der Waals surface area contributed by atoms with E-state index in [1.165, 1.54) is 0 Å². The number of hydrogen-bond acceptors (Lipinski definition) is 4. The minimum atomic E-state index is -0.639. The predicted octanol–water partition coefficient (Wildman–Crippen LogP) is 4.83. The molecule has 2 aromatic carbocycles. The number of para-hydroxylation sites is 1. The molecule has 1 unspecified atom stereocenters. The fourth-order valence-electron chi connectivity index (χ4n) is 2.47. The molecule has 0 aromatic heterocycles. The number of esters is 1. The largest absolute Gasteiger partial charge is 0.481 e. The summed E-state index contributed by atoms with van der Waals surface area (Å²) in [6.45, 7) is 4.26. The van der Waals surface area contributed by atoms with Gasteiger partial charge in [-0.1, -0.05) is 44.4 Å². The number of ether oxygens (including phenoxy) is 2. The van der Waals surface area contributed by atoms with Crippen LogP contribution in [0.15, 0.2) is 54.6 Å². The first-order valence-corrected chi connectivity index (χ1v) is 9.40. The first-order chi connectivity index (χ1) is 13.1. The molecule has 2 aromatic rings. The van der Waals surface area contributed by atoms with Gasteiger partial charge in [0.05, 0.1) is 12.2 Å². The lowest BCUT2D eigenvalue weighted by Crippen LogP contribution is -2.30. The lowest BCUT2D eigenvalue weighted by Gasteiger charge is -2.14. The maximum atomic E-state index is 12.2. The van der Waals surface area contributed by atoms with Crippen LogP contribution in [-0.4, -0.2) is 24.6 Å². The topological polar surface area (TPSA) is 64.6 Å². The highest BCUT2D eigenvalue weighted by molar-refractivity contribution is 5.95. The second kappa shape index (κ2) is 11.0. The molecule has 27 heavy (non-hydrogen) atoms. The number of carbonyl (C=O) groups excluding carboxylic acids is 2. The molecule has 5 heteroatoms. The Morgan fingerprint density at radius 1 is 0.963 bits per heavy atom. The van der Waals surface area contributed by atoms with E-state index in [4.69, 9.17) is 9.47 Å². The van der Waals surface area contributed by atoms with E-state index < -0.39 is 6.10 Å². The number of nitrogens with one attached hydrogen (secondary N) is 1. The maximum Gasteiger partial charge on any atom is 0.338 e. The zero-order valence-electron chi connectivity index (χ0n) is 15.9. The van der Waals surface area contributed by atoms with Crippen LogP contribution in [-0.2, 0) is 9.53 Å². The summed E-state index contributed by atoms with van der Waals surface area (Å²) < 4.78 is 10.9. The number of rotatable bonds is 10. The van der Waals surface area contributed by atoms with Gasteiger partial charge in [0.1, 0.15) is 5.75 Å². The molecule has 0 aliphatic carbocycles. The van der Waals surface area contributed by atoms with Gasteiger partial charge in [-0.2, -0.15) is 0 Å². The van der Waals surface area contributed by atoms with Crippen molar-refractivity contribution in [3.8, 4) is 5.75 Å². The third-order valence-corrected chi connectivity index (χ3v) is 4.04. The molecule has 2 rings (SSSR count). The molecule has 0 bridgehead atoms. The van der Waals surface area contributed by atoms with Crippen molar-refractivity contribution < 1.29 is 19.1 Å². The van der Waals surface area contributed by atoms with Gasteiger partial charge in [-0.25, -0.2) is 4.79 Å². The van der Waals surface area contributed by atoms with Crippen molar-refractivity contribution in [1.82, 2.24) is 0 Å². The Kier molecular flexibility index (Phi) is 8.36. The molecule has 1 N–H and O–H groups in total. The number of amides is 1. The van der Waals surface area contributed by atoms with Crippen molar-refractivity contribution in [2.45, 2.75) is 45.6 Å². The first-order valence-electron chi connectivity index (χ1n) is 9.40. The molecule has 0 saturated heterocycles. The minimum Gasteiger partial charge on any atom is -0.481 e. The maximum absolute atomic E-state index is 12.2. The van der Waals surface area contributed by atoms with Crippen LogP contribution in [0.4, 0.5) is 5.69 Å². The fraction of sp³-hybridized carbons (Fsp3) is 0.364. The number of unbranched alkanes of at least 4 members (excludes halogenated alkanes) is 3. The van der Waals surface area contributed by atoms with Crippen LogP contribution in [0.2, 0.25) is 0 Å². The zero-order valence-corrected chi connectivity index (χ0v) is 15.9. The van der Waals surface area contributed by atoms with Gasteiger partial charge in [0.15, 0.2) is 6.10 Å². The van der Waals surface area contributed by atoms with E-state index in [1.54, 1.807) is 43.3 Å². The van der Waals surface area contributed by atoms with Crippen molar-refractivity contribution in [1.29, 1.82) is 0 Å². The molecule has 0 spiro atoms. The molecule has 0 radical (unpaired) electrons. The standard InChI is InChI=1S/C22H27NO4/c1-3-4-5-9-16-26-22(25)18-12-14-19(15-13-18)23-21(24)17(2)27-20-10-7-6-8-11-20/h6-8,10-15,17H,3-5,9,16H2,1-2H3,(H,23,24). The molecule has 0 aliphatic heterocycles. The van der Waals surface area contributed by atoms with Crippen LogP contribution in [0.1, 0.15) is 49.9 Å². The van der Waals surface area contributed by atoms with E-state index in [2.05, 4.69) is 12.2 Å². The Balaban J connectivity index is 1.80. The van der Waals surface area contributed by atoms with E-state index >= 15 is 0 Å². The zero-order chi connectivity index (χ0) is 19.5. The lowest BCUT2D eigenvalue weighted by atomic mass is 10.2. The predicted molar refractivity (Wildman–Crippen MR) is 106 cm³/mol. The SMILES string of the molecule is CCCCCCOC(=O)c1ccc(NC(=O)C(C)Oc2ccccc2)cc1. The highest BCUT2D eigenvalue weighted by Crippen LogP contribution is 2.14. The second-order valence-corrected chi connectivity index (χ2v) is 6.34. The summed E-state index contributed by atoms with van der Waals surface area (Å²) in [7, 11) is 0. The van der Waals surface area contributed by atoms with Crippen LogP contribution in [0.25, 0.3) is 0 Å².